The number of carbonyl (C=O) groups excluding carboxylic acids is 1. The van der Waals surface area contributed by atoms with Gasteiger partial charge in [0.05, 0.1) is 12.1 Å². The van der Waals surface area contributed by atoms with Gasteiger partial charge in [0, 0.05) is 17.2 Å². The zero-order valence-electron chi connectivity index (χ0n) is 19.8. The molecule has 0 unspecified atom stereocenters. The number of aromatic carboxylic acids is 1. The highest BCUT2D eigenvalue weighted by molar-refractivity contribution is 5.97. The summed E-state index contributed by atoms with van der Waals surface area (Å²) in [5.74, 6) is -0.387. The van der Waals surface area contributed by atoms with Crippen LogP contribution in [0.3, 0.4) is 0 Å². The SMILES string of the molecule is O=C(O)c1cccc(N(Cc2ccc(-c3ccccc3-c3nnn[nH]3)cc2)C(=O)C2CCCCC2)c1. The predicted octanol–water partition coefficient (Wildman–Crippen LogP) is 5.35. The second-order valence-corrected chi connectivity index (χ2v) is 9.11. The summed E-state index contributed by atoms with van der Waals surface area (Å²) in [6, 6.07) is 22.6. The molecule has 0 atom stereocenters. The summed E-state index contributed by atoms with van der Waals surface area (Å²) in [4.78, 5) is 26.9. The lowest BCUT2D eigenvalue weighted by atomic mass is 9.88. The standard InChI is InChI=1S/C28H27N5O3/c34-27(21-7-2-1-3-8-21)33(23-10-6-9-22(17-23)28(35)36)18-19-13-15-20(16-14-19)24-11-4-5-12-25(24)26-29-31-32-30-26/h4-6,9-17,21H,1-3,7-8,18H2,(H,35,36)(H,29,30,31,32). The van der Waals surface area contributed by atoms with Crippen molar-refractivity contribution in [3.63, 3.8) is 0 Å². The van der Waals surface area contributed by atoms with E-state index in [1.54, 1.807) is 23.1 Å². The molecule has 0 bridgehead atoms. The molecule has 182 valence electrons. The third-order valence-corrected chi connectivity index (χ3v) is 6.76. The number of nitrogens with zero attached hydrogens (tertiary/aromatic N) is 4. The van der Waals surface area contributed by atoms with Gasteiger partial charge in [0.15, 0.2) is 5.82 Å². The van der Waals surface area contributed by atoms with Crippen molar-refractivity contribution < 1.29 is 14.7 Å². The highest BCUT2D eigenvalue weighted by Crippen LogP contribution is 2.32. The fourth-order valence-corrected chi connectivity index (χ4v) is 4.86. The third-order valence-electron chi connectivity index (χ3n) is 6.76. The molecule has 8 nitrogen and oxygen atoms in total. The Kier molecular flexibility index (Phi) is 6.84. The first-order valence-electron chi connectivity index (χ1n) is 12.2. The van der Waals surface area contributed by atoms with Gasteiger partial charge >= 0.3 is 5.97 Å². The molecule has 1 aliphatic carbocycles. The first kappa shape index (κ1) is 23.4. The number of aromatic nitrogens is 4. The van der Waals surface area contributed by atoms with Crippen LogP contribution in [0, 0.1) is 5.92 Å². The topological polar surface area (TPSA) is 112 Å². The monoisotopic (exact) mass is 481 g/mol. The van der Waals surface area contributed by atoms with Crippen molar-refractivity contribution in [2.45, 2.75) is 38.6 Å². The average Bonchev–Trinajstić information content (AvgIpc) is 3.47. The van der Waals surface area contributed by atoms with E-state index in [-0.39, 0.29) is 17.4 Å². The largest absolute Gasteiger partial charge is 0.478 e. The summed E-state index contributed by atoms with van der Waals surface area (Å²) in [6.07, 6.45) is 5.01. The molecule has 1 heterocycles. The molecule has 5 rings (SSSR count). The van der Waals surface area contributed by atoms with Gasteiger partial charge in [-0.2, -0.15) is 0 Å². The number of rotatable bonds is 7. The smallest absolute Gasteiger partial charge is 0.335 e. The van der Waals surface area contributed by atoms with E-state index in [1.165, 1.54) is 0 Å². The van der Waals surface area contributed by atoms with Gasteiger partial charge in [-0.05, 0) is 58.2 Å². The molecule has 0 aliphatic heterocycles. The Hall–Kier alpha value is -4.33. The van der Waals surface area contributed by atoms with Crippen molar-refractivity contribution in [1.82, 2.24) is 20.6 Å². The Morgan fingerprint density at radius 2 is 1.67 bits per heavy atom. The van der Waals surface area contributed by atoms with Crippen LogP contribution >= 0.6 is 0 Å². The molecule has 0 saturated heterocycles. The normalized spacial score (nSPS) is 13.9. The fourth-order valence-electron chi connectivity index (χ4n) is 4.86. The lowest BCUT2D eigenvalue weighted by Gasteiger charge is -2.30. The lowest BCUT2D eigenvalue weighted by molar-refractivity contribution is -0.123. The van der Waals surface area contributed by atoms with E-state index >= 15 is 0 Å². The van der Waals surface area contributed by atoms with E-state index in [0.717, 1.165) is 54.4 Å². The van der Waals surface area contributed by atoms with Crippen LogP contribution in [0.4, 0.5) is 5.69 Å². The lowest BCUT2D eigenvalue weighted by Crippen LogP contribution is -2.36. The number of hydrogen-bond donors (Lipinski definition) is 2. The number of carboxylic acid groups (broad SMARTS) is 1. The number of aromatic amines is 1. The first-order valence-corrected chi connectivity index (χ1v) is 12.2. The molecule has 1 amide bonds. The van der Waals surface area contributed by atoms with Crippen molar-refractivity contribution in [2.75, 3.05) is 4.90 Å². The second-order valence-electron chi connectivity index (χ2n) is 9.11. The molecule has 1 aliphatic rings. The molecule has 0 spiro atoms. The highest BCUT2D eigenvalue weighted by Gasteiger charge is 2.27. The number of H-pyrrole nitrogens is 1. The van der Waals surface area contributed by atoms with Crippen LogP contribution in [0.2, 0.25) is 0 Å². The van der Waals surface area contributed by atoms with Gasteiger partial charge in [-0.3, -0.25) is 4.79 Å². The minimum Gasteiger partial charge on any atom is -0.478 e. The van der Waals surface area contributed by atoms with Crippen LogP contribution in [0.1, 0.15) is 48.0 Å². The molecule has 1 fully saturated rings. The van der Waals surface area contributed by atoms with Crippen LogP contribution in [0.5, 0.6) is 0 Å². The van der Waals surface area contributed by atoms with Crippen molar-refractivity contribution in [1.29, 1.82) is 0 Å². The number of hydrogen-bond acceptors (Lipinski definition) is 5. The predicted molar refractivity (Wildman–Crippen MR) is 136 cm³/mol. The zero-order chi connectivity index (χ0) is 24.9. The van der Waals surface area contributed by atoms with Gasteiger partial charge in [-0.1, -0.05) is 73.9 Å². The molecular formula is C28H27N5O3. The number of tetrazole rings is 1. The van der Waals surface area contributed by atoms with Crippen LogP contribution in [0.25, 0.3) is 22.5 Å². The molecule has 2 N–H and O–H groups in total. The number of anilines is 1. The van der Waals surface area contributed by atoms with E-state index < -0.39 is 5.97 Å². The summed E-state index contributed by atoms with van der Waals surface area (Å²) >= 11 is 0. The van der Waals surface area contributed by atoms with E-state index in [1.807, 2.05) is 54.6 Å². The van der Waals surface area contributed by atoms with Gasteiger partial charge in [-0.25, -0.2) is 9.89 Å². The van der Waals surface area contributed by atoms with E-state index in [9.17, 15) is 14.7 Å². The molecule has 3 aromatic carbocycles. The molecular weight excluding hydrogens is 454 g/mol. The molecule has 8 heteroatoms. The summed E-state index contributed by atoms with van der Waals surface area (Å²) in [7, 11) is 0. The van der Waals surface area contributed by atoms with Crippen LogP contribution < -0.4 is 4.90 Å². The Labute approximate surface area is 209 Å². The Morgan fingerprint density at radius 1 is 0.917 bits per heavy atom. The summed E-state index contributed by atoms with van der Waals surface area (Å²) in [5.41, 5.74) is 4.63. The van der Waals surface area contributed by atoms with Crippen LogP contribution in [-0.4, -0.2) is 37.6 Å². The van der Waals surface area contributed by atoms with Crippen molar-refractivity contribution in [2.24, 2.45) is 5.92 Å². The minimum atomic E-state index is -1.01. The maximum atomic E-state index is 13.6. The summed E-state index contributed by atoms with van der Waals surface area (Å²) in [6.45, 7) is 0.367. The fraction of sp³-hybridized carbons (Fsp3) is 0.250. The summed E-state index contributed by atoms with van der Waals surface area (Å²) < 4.78 is 0. The summed E-state index contributed by atoms with van der Waals surface area (Å²) in [5, 5.41) is 23.7. The van der Waals surface area contributed by atoms with Crippen molar-refractivity contribution in [3.8, 4) is 22.5 Å². The quantitative estimate of drug-likeness (QED) is 0.368. The Bertz CT molecular complexity index is 1350. The third kappa shape index (κ3) is 5.02. The maximum Gasteiger partial charge on any atom is 0.335 e. The maximum absolute atomic E-state index is 13.6. The number of carbonyl (C=O) groups is 2. The average molecular weight is 482 g/mol. The van der Waals surface area contributed by atoms with E-state index in [4.69, 9.17) is 0 Å². The number of amides is 1. The van der Waals surface area contributed by atoms with Gasteiger partial charge in [0.2, 0.25) is 5.91 Å². The van der Waals surface area contributed by atoms with E-state index in [0.29, 0.717) is 18.1 Å². The van der Waals surface area contributed by atoms with Gasteiger partial charge < -0.3 is 10.0 Å². The van der Waals surface area contributed by atoms with Crippen LogP contribution in [-0.2, 0) is 11.3 Å². The Balaban J connectivity index is 1.44. The molecule has 1 saturated carbocycles. The number of carboxylic acids is 1. The molecule has 4 aromatic rings. The van der Waals surface area contributed by atoms with Gasteiger partial charge in [-0.15, -0.1) is 5.10 Å². The van der Waals surface area contributed by atoms with Crippen LogP contribution in [0.15, 0.2) is 72.8 Å². The van der Waals surface area contributed by atoms with E-state index in [2.05, 4.69) is 20.6 Å². The zero-order valence-corrected chi connectivity index (χ0v) is 19.8. The van der Waals surface area contributed by atoms with Gasteiger partial charge in [0.1, 0.15) is 0 Å². The second kappa shape index (κ2) is 10.5. The van der Waals surface area contributed by atoms with Gasteiger partial charge in [0.25, 0.3) is 0 Å². The first-order chi connectivity index (χ1) is 17.6. The molecule has 36 heavy (non-hydrogen) atoms. The Morgan fingerprint density at radius 3 is 2.36 bits per heavy atom. The van der Waals surface area contributed by atoms with Crippen molar-refractivity contribution >= 4 is 17.6 Å². The molecule has 1 aromatic heterocycles. The minimum absolute atomic E-state index is 0.0334. The van der Waals surface area contributed by atoms with Crippen molar-refractivity contribution in [3.05, 3.63) is 83.9 Å². The number of nitrogens with one attached hydrogen (secondary N) is 1. The molecule has 0 radical (unpaired) electrons. The number of benzene rings is 3. The highest BCUT2D eigenvalue weighted by atomic mass is 16.4.